The van der Waals surface area contributed by atoms with Gasteiger partial charge in [-0.1, -0.05) is 154 Å². The number of unbranched alkanes of at least 4 members (excludes halogenated alkanes) is 6. The maximum Gasteiger partial charge on any atom is 0.258 e. The van der Waals surface area contributed by atoms with Crippen LogP contribution in [0.25, 0.3) is 16.7 Å². The fourth-order valence-corrected chi connectivity index (χ4v) is 8.94. The average molecular weight is 915 g/mol. The summed E-state index contributed by atoms with van der Waals surface area (Å²) in [6.07, 6.45) is 18.4. The summed E-state index contributed by atoms with van der Waals surface area (Å²) in [6.45, 7) is 5.35. The van der Waals surface area contributed by atoms with Crippen LogP contribution in [-0.2, 0) is 27.2 Å². The quantitative estimate of drug-likeness (QED) is 0.0520. The summed E-state index contributed by atoms with van der Waals surface area (Å²) < 4.78 is 5.17. The van der Waals surface area contributed by atoms with Crippen molar-refractivity contribution in [1.29, 1.82) is 0 Å². The van der Waals surface area contributed by atoms with Gasteiger partial charge in [0.1, 0.15) is 5.75 Å². The van der Waals surface area contributed by atoms with Gasteiger partial charge in [0.15, 0.2) is 0 Å². The Morgan fingerprint density at radius 2 is 0.809 bits per heavy atom. The molecule has 10 heteroatoms. The number of methoxy groups -OCH3 is 1. The molecule has 68 heavy (non-hydrogen) atoms. The Hall–Kier alpha value is -6.59. The van der Waals surface area contributed by atoms with Crippen LogP contribution in [0.1, 0.15) is 92.5 Å². The number of carbonyl (C=O) groups is 3. The summed E-state index contributed by atoms with van der Waals surface area (Å²) >= 11 is 0. The SMILES string of the molecule is CCCCCCCC/C=C1/C(=O)N(CCN)c2ccccc21.COc1ccc(CC/C=C2/C(=O)N(CCN)c3ccccc32)cc1.NCCN1C(=O)/C(=C/CCc2ccccc2)c2ccccc21. The van der Waals surface area contributed by atoms with E-state index in [9.17, 15) is 14.4 Å². The van der Waals surface area contributed by atoms with Crippen LogP contribution < -0.4 is 36.6 Å². The van der Waals surface area contributed by atoms with Gasteiger partial charge in [-0.05, 0) is 80.0 Å². The molecule has 5 aromatic rings. The molecule has 5 aromatic carbocycles. The van der Waals surface area contributed by atoms with Crippen LogP contribution in [0.3, 0.4) is 0 Å². The zero-order valence-corrected chi connectivity index (χ0v) is 40.1. The van der Waals surface area contributed by atoms with Gasteiger partial charge in [-0.15, -0.1) is 0 Å². The van der Waals surface area contributed by atoms with Crippen molar-refractivity contribution in [2.24, 2.45) is 17.2 Å². The van der Waals surface area contributed by atoms with Crippen LogP contribution in [0.2, 0.25) is 0 Å². The number of aryl methyl sites for hydroxylation is 2. The first-order chi connectivity index (χ1) is 33.3. The predicted octanol–water partition coefficient (Wildman–Crippen LogP) is 10.2. The summed E-state index contributed by atoms with van der Waals surface area (Å²) in [5.41, 5.74) is 27.9. The van der Waals surface area contributed by atoms with Crippen molar-refractivity contribution in [3.8, 4) is 5.75 Å². The molecule has 8 rings (SSSR count). The molecule has 3 aliphatic rings. The third-order valence-corrected chi connectivity index (χ3v) is 12.4. The van der Waals surface area contributed by atoms with E-state index in [4.69, 9.17) is 21.9 Å². The summed E-state index contributed by atoms with van der Waals surface area (Å²) in [5.74, 6) is 1.09. The summed E-state index contributed by atoms with van der Waals surface area (Å²) in [6, 6.07) is 42.2. The molecule has 3 heterocycles. The Bertz CT molecular complexity index is 2510. The van der Waals surface area contributed by atoms with E-state index in [1.807, 2.05) is 114 Å². The molecule has 0 radical (unpaired) electrons. The van der Waals surface area contributed by atoms with Gasteiger partial charge >= 0.3 is 0 Å². The Labute approximate surface area is 404 Å². The Balaban J connectivity index is 0.000000168. The largest absolute Gasteiger partial charge is 0.497 e. The highest BCUT2D eigenvalue weighted by molar-refractivity contribution is 6.34. The molecule has 6 N–H and O–H groups in total. The molecule has 0 saturated heterocycles. The number of nitrogens with two attached hydrogens (primary N) is 3. The number of carbonyl (C=O) groups excluding carboxylic acids is 3. The van der Waals surface area contributed by atoms with E-state index in [1.165, 1.54) is 49.7 Å². The summed E-state index contributed by atoms with van der Waals surface area (Å²) in [7, 11) is 1.66. The first-order valence-corrected chi connectivity index (χ1v) is 24.5. The number of amides is 3. The Morgan fingerprint density at radius 1 is 0.441 bits per heavy atom. The lowest BCUT2D eigenvalue weighted by molar-refractivity contribution is -0.113. The smallest absolute Gasteiger partial charge is 0.258 e. The number of nitrogens with zero attached hydrogens (tertiary/aromatic N) is 3. The average Bonchev–Trinajstić information content (AvgIpc) is 3.91. The minimum absolute atomic E-state index is 0.0522. The molecular weight excluding hydrogens is 845 g/mol. The van der Waals surface area contributed by atoms with Crippen molar-refractivity contribution in [1.82, 2.24) is 0 Å². The van der Waals surface area contributed by atoms with Gasteiger partial charge in [0.2, 0.25) is 0 Å². The zero-order valence-electron chi connectivity index (χ0n) is 40.1. The van der Waals surface area contributed by atoms with Crippen molar-refractivity contribution >= 4 is 51.5 Å². The molecule has 10 nitrogen and oxygen atoms in total. The molecule has 3 amide bonds. The second kappa shape index (κ2) is 26.7. The Morgan fingerprint density at radius 3 is 1.22 bits per heavy atom. The molecule has 0 atom stereocenters. The minimum atomic E-state index is 0.0522. The molecule has 356 valence electrons. The third-order valence-electron chi connectivity index (χ3n) is 12.4. The Kier molecular flexibility index (Phi) is 19.9. The van der Waals surface area contributed by atoms with Crippen molar-refractivity contribution in [2.45, 2.75) is 77.6 Å². The van der Waals surface area contributed by atoms with Crippen LogP contribution in [0, 0.1) is 0 Å². The molecule has 3 aliphatic heterocycles. The van der Waals surface area contributed by atoms with E-state index in [-0.39, 0.29) is 17.7 Å². The minimum Gasteiger partial charge on any atom is -0.497 e. The molecular formula is C58H70N6O4. The van der Waals surface area contributed by atoms with Crippen LogP contribution >= 0.6 is 0 Å². The van der Waals surface area contributed by atoms with Crippen molar-refractivity contribution < 1.29 is 19.1 Å². The van der Waals surface area contributed by atoms with Gasteiger partial charge in [-0.25, -0.2) is 0 Å². The molecule has 0 aromatic heterocycles. The van der Waals surface area contributed by atoms with Gasteiger partial charge in [-0.2, -0.15) is 0 Å². The molecule has 0 spiro atoms. The van der Waals surface area contributed by atoms with Crippen LogP contribution in [0.15, 0.2) is 146 Å². The lowest BCUT2D eigenvalue weighted by Crippen LogP contribution is -2.31. The fourth-order valence-electron chi connectivity index (χ4n) is 8.94. The van der Waals surface area contributed by atoms with Gasteiger partial charge in [0, 0.05) is 72.7 Å². The molecule has 0 bridgehead atoms. The monoisotopic (exact) mass is 915 g/mol. The number of rotatable bonds is 20. The summed E-state index contributed by atoms with van der Waals surface area (Å²) in [5, 5.41) is 0. The molecule has 0 saturated carbocycles. The van der Waals surface area contributed by atoms with Gasteiger partial charge in [0.25, 0.3) is 17.7 Å². The second-order valence-electron chi connectivity index (χ2n) is 17.1. The van der Waals surface area contributed by atoms with Crippen molar-refractivity contribution in [3.05, 3.63) is 173 Å². The first-order valence-electron chi connectivity index (χ1n) is 24.5. The standard InChI is InChI=1S/C20H22N2O2.C19H20N2O.C19H28N2O/c1-24-16-11-9-15(10-12-16)5-4-7-18-17-6-2-3-8-19(17)22(14-13-21)20(18)23;20-13-14-21-18-12-5-4-10-16(18)17(19(21)22)11-6-9-15-7-2-1-3-8-15;1-2-3-4-5-6-7-8-12-17-16-11-9-10-13-18(16)21(15-14-20)19(17)22/h2-3,6-12H,4-5,13-14,21H2,1H3;1-5,7-8,10-12H,6,9,13-14,20H2;9-13H,2-8,14-15,20H2,1H3/b18-7+;17-11+;17-12+. The zero-order chi connectivity index (χ0) is 48.1. The lowest BCUT2D eigenvalue weighted by atomic mass is 10.0. The van der Waals surface area contributed by atoms with E-state index < -0.39 is 0 Å². The topological polar surface area (TPSA) is 148 Å². The van der Waals surface area contributed by atoms with Gasteiger partial charge in [0.05, 0.1) is 24.2 Å². The van der Waals surface area contributed by atoms with Crippen molar-refractivity contribution in [3.63, 3.8) is 0 Å². The molecule has 0 aliphatic carbocycles. The number of hydrogen-bond acceptors (Lipinski definition) is 7. The van der Waals surface area contributed by atoms with E-state index in [1.54, 1.807) is 16.9 Å². The van der Waals surface area contributed by atoms with Crippen molar-refractivity contribution in [2.75, 3.05) is 61.1 Å². The van der Waals surface area contributed by atoms with E-state index >= 15 is 0 Å². The molecule has 0 unspecified atom stereocenters. The van der Waals surface area contributed by atoms with Crippen LogP contribution in [-0.4, -0.2) is 64.1 Å². The number of ether oxygens (including phenoxy) is 1. The number of anilines is 3. The molecule has 0 fully saturated rings. The van der Waals surface area contributed by atoms with Gasteiger partial charge < -0.3 is 36.6 Å². The van der Waals surface area contributed by atoms with Crippen LogP contribution in [0.5, 0.6) is 5.75 Å². The van der Waals surface area contributed by atoms with E-state index in [0.717, 1.165) is 88.3 Å². The maximum absolute atomic E-state index is 12.7. The second-order valence-corrected chi connectivity index (χ2v) is 17.1. The fraction of sp³-hybridized carbons (Fsp3) is 0.328. The summed E-state index contributed by atoms with van der Waals surface area (Å²) in [4.78, 5) is 43.2. The number of hydrogen-bond donors (Lipinski definition) is 3. The number of allylic oxidation sites excluding steroid dienone is 3. The predicted molar refractivity (Wildman–Crippen MR) is 282 cm³/mol. The highest BCUT2D eigenvalue weighted by Gasteiger charge is 2.33. The normalized spacial score (nSPS) is 15.3. The van der Waals surface area contributed by atoms with E-state index in [0.29, 0.717) is 39.3 Å². The highest BCUT2D eigenvalue weighted by Crippen LogP contribution is 2.39. The maximum atomic E-state index is 12.7. The first kappa shape index (κ1) is 50.8. The van der Waals surface area contributed by atoms with Crippen LogP contribution in [0.4, 0.5) is 17.1 Å². The van der Waals surface area contributed by atoms with Gasteiger partial charge in [-0.3, -0.25) is 14.4 Å². The third kappa shape index (κ3) is 13.1. The number of benzene rings is 5. The van der Waals surface area contributed by atoms with E-state index in [2.05, 4.69) is 43.3 Å². The number of fused-ring (bicyclic) bond motifs is 3. The number of para-hydroxylation sites is 3. The highest BCUT2D eigenvalue weighted by atomic mass is 16.5. The lowest BCUT2D eigenvalue weighted by Gasteiger charge is -2.15.